The second kappa shape index (κ2) is 7.60. The number of rotatable bonds is 4. The summed E-state index contributed by atoms with van der Waals surface area (Å²) in [7, 11) is 0. The van der Waals surface area contributed by atoms with E-state index in [9.17, 15) is 18.4 Å². The average Bonchev–Trinajstić information content (AvgIpc) is 3.09. The Bertz CT molecular complexity index is 681. The van der Waals surface area contributed by atoms with E-state index in [1.54, 1.807) is 4.90 Å². The molecule has 1 aromatic rings. The van der Waals surface area contributed by atoms with Gasteiger partial charge in [-0.05, 0) is 37.3 Å². The lowest BCUT2D eigenvalue weighted by atomic mass is 9.78. The zero-order valence-corrected chi connectivity index (χ0v) is 14.6. The normalized spacial score (nSPS) is 20.2. The summed E-state index contributed by atoms with van der Waals surface area (Å²) in [6.07, 6.45) is 4.27. The summed E-state index contributed by atoms with van der Waals surface area (Å²) < 4.78 is 27.6. The summed E-state index contributed by atoms with van der Waals surface area (Å²) in [5.41, 5.74) is -0.0476. The molecule has 7 heteroatoms. The van der Waals surface area contributed by atoms with Gasteiger partial charge in [-0.1, -0.05) is 18.9 Å². The SMILES string of the molecule is O=C(O)C1CCN(C(=O)NCC2(c3ccc(F)cc3F)CCCC2)CC1. The van der Waals surface area contributed by atoms with E-state index < -0.39 is 28.9 Å². The van der Waals surface area contributed by atoms with Crippen LogP contribution in [-0.2, 0) is 10.2 Å². The fraction of sp³-hybridized carbons (Fsp3) is 0.579. The third-order valence-corrected chi connectivity index (χ3v) is 5.77. The molecule has 5 nitrogen and oxygen atoms in total. The summed E-state index contributed by atoms with van der Waals surface area (Å²) in [4.78, 5) is 25.1. The molecule has 0 atom stereocenters. The zero-order valence-electron chi connectivity index (χ0n) is 14.6. The van der Waals surface area contributed by atoms with E-state index >= 15 is 0 Å². The molecule has 1 saturated carbocycles. The monoisotopic (exact) mass is 366 g/mol. The predicted molar refractivity (Wildman–Crippen MR) is 91.8 cm³/mol. The number of hydrogen-bond acceptors (Lipinski definition) is 2. The number of urea groups is 1. The molecule has 142 valence electrons. The fourth-order valence-electron chi connectivity index (χ4n) is 4.20. The van der Waals surface area contributed by atoms with Gasteiger partial charge in [0.15, 0.2) is 0 Å². The first-order valence-electron chi connectivity index (χ1n) is 9.12. The summed E-state index contributed by atoms with van der Waals surface area (Å²) in [5, 5.41) is 11.9. The number of carbonyl (C=O) groups excluding carboxylic acids is 1. The number of carbonyl (C=O) groups is 2. The minimum Gasteiger partial charge on any atom is -0.481 e. The van der Waals surface area contributed by atoms with Crippen molar-refractivity contribution < 1.29 is 23.5 Å². The highest BCUT2D eigenvalue weighted by Gasteiger charge is 2.38. The van der Waals surface area contributed by atoms with Crippen molar-refractivity contribution in [1.29, 1.82) is 0 Å². The van der Waals surface area contributed by atoms with Crippen LogP contribution in [0, 0.1) is 17.6 Å². The Morgan fingerprint density at radius 3 is 2.42 bits per heavy atom. The maximum atomic E-state index is 14.3. The molecule has 0 unspecified atom stereocenters. The Hall–Kier alpha value is -2.18. The summed E-state index contributed by atoms with van der Waals surface area (Å²) in [6, 6.07) is 3.40. The van der Waals surface area contributed by atoms with E-state index in [1.807, 2.05) is 0 Å². The van der Waals surface area contributed by atoms with Crippen molar-refractivity contribution in [1.82, 2.24) is 10.2 Å². The third-order valence-electron chi connectivity index (χ3n) is 5.77. The van der Waals surface area contributed by atoms with Crippen molar-refractivity contribution in [2.45, 2.75) is 43.9 Å². The van der Waals surface area contributed by atoms with Crippen molar-refractivity contribution >= 4 is 12.0 Å². The van der Waals surface area contributed by atoms with E-state index in [4.69, 9.17) is 5.11 Å². The maximum absolute atomic E-state index is 14.3. The van der Waals surface area contributed by atoms with Crippen LogP contribution in [-0.4, -0.2) is 41.6 Å². The number of carboxylic acid groups (broad SMARTS) is 1. The van der Waals surface area contributed by atoms with Crippen LogP contribution in [0.5, 0.6) is 0 Å². The fourth-order valence-corrected chi connectivity index (χ4v) is 4.20. The second-order valence-corrected chi connectivity index (χ2v) is 7.37. The quantitative estimate of drug-likeness (QED) is 0.859. The smallest absolute Gasteiger partial charge is 0.317 e. The summed E-state index contributed by atoms with van der Waals surface area (Å²) in [5.74, 6) is -2.39. The number of nitrogens with one attached hydrogen (secondary N) is 1. The third kappa shape index (κ3) is 3.81. The lowest BCUT2D eigenvalue weighted by Gasteiger charge is -2.34. The number of carboxylic acids is 1. The highest BCUT2D eigenvalue weighted by Crippen LogP contribution is 2.41. The van der Waals surface area contributed by atoms with Crippen LogP contribution in [0.25, 0.3) is 0 Å². The standard InChI is InChI=1S/C19H24F2N2O3/c20-14-3-4-15(16(21)11-14)19(7-1-2-8-19)12-22-18(26)23-9-5-13(6-10-23)17(24)25/h3-4,11,13H,1-2,5-10,12H2,(H,22,26)(H,24,25). The second-order valence-electron chi connectivity index (χ2n) is 7.37. The highest BCUT2D eigenvalue weighted by molar-refractivity contribution is 5.75. The molecule has 2 aliphatic rings. The molecule has 0 radical (unpaired) electrons. The van der Waals surface area contributed by atoms with Gasteiger partial charge in [0.05, 0.1) is 5.92 Å². The van der Waals surface area contributed by atoms with Gasteiger partial charge < -0.3 is 15.3 Å². The van der Waals surface area contributed by atoms with Gasteiger partial charge in [0.25, 0.3) is 0 Å². The topological polar surface area (TPSA) is 69.6 Å². The first kappa shape index (κ1) is 18.6. The molecule has 0 aromatic heterocycles. The number of likely N-dealkylation sites (tertiary alicyclic amines) is 1. The van der Waals surface area contributed by atoms with Crippen LogP contribution in [0.1, 0.15) is 44.1 Å². The largest absolute Gasteiger partial charge is 0.481 e. The Kier molecular flexibility index (Phi) is 5.44. The van der Waals surface area contributed by atoms with Crippen molar-refractivity contribution in [3.8, 4) is 0 Å². The number of piperidine rings is 1. The maximum Gasteiger partial charge on any atom is 0.317 e. The van der Waals surface area contributed by atoms with Crippen LogP contribution < -0.4 is 5.32 Å². The first-order chi connectivity index (χ1) is 12.4. The molecule has 2 fully saturated rings. The molecule has 1 heterocycles. The number of amides is 2. The minimum atomic E-state index is -0.818. The van der Waals surface area contributed by atoms with Gasteiger partial charge in [-0.15, -0.1) is 0 Å². The summed E-state index contributed by atoms with van der Waals surface area (Å²) in [6.45, 7) is 1.11. The number of aliphatic carboxylic acids is 1. The molecule has 1 saturated heterocycles. The molecule has 3 rings (SSSR count). The number of nitrogens with zero attached hydrogens (tertiary/aromatic N) is 1. The average molecular weight is 366 g/mol. The van der Waals surface area contributed by atoms with Crippen molar-refractivity contribution in [3.05, 3.63) is 35.4 Å². The Morgan fingerprint density at radius 1 is 1.19 bits per heavy atom. The lowest BCUT2D eigenvalue weighted by molar-refractivity contribution is -0.143. The van der Waals surface area contributed by atoms with Gasteiger partial charge in [-0.3, -0.25) is 4.79 Å². The van der Waals surface area contributed by atoms with Crippen LogP contribution >= 0.6 is 0 Å². The van der Waals surface area contributed by atoms with Crippen LogP contribution in [0.3, 0.4) is 0 Å². The molecule has 1 aliphatic carbocycles. The number of halogens is 2. The van der Waals surface area contributed by atoms with Crippen molar-refractivity contribution in [2.24, 2.45) is 5.92 Å². The highest BCUT2D eigenvalue weighted by atomic mass is 19.1. The van der Waals surface area contributed by atoms with Gasteiger partial charge in [0.2, 0.25) is 0 Å². The van der Waals surface area contributed by atoms with E-state index in [0.717, 1.165) is 31.7 Å². The van der Waals surface area contributed by atoms with Crippen LogP contribution in [0.2, 0.25) is 0 Å². The van der Waals surface area contributed by atoms with Gasteiger partial charge >= 0.3 is 12.0 Å². The molecular formula is C19H24F2N2O3. The van der Waals surface area contributed by atoms with Crippen LogP contribution in [0.4, 0.5) is 13.6 Å². The number of hydrogen-bond donors (Lipinski definition) is 2. The van der Waals surface area contributed by atoms with Crippen LogP contribution in [0.15, 0.2) is 18.2 Å². The van der Waals surface area contributed by atoms with Gasteiger partial charge in [-0.2, -0.15) is 0 Å². The number of benzene rings is 1. The van der Waals surface area contributed by atoms with Crippen molar-refractivity contribution in [2.75, 3.05) is 19.6 Å². The Labute approximate surface area is 151 Å². The molecule has 1 aliphatic heterocycles. The first-order valence-corrected chi connectivity index (χ1v) is 9.12. The molecule has 0 spiro atoms. The van der Waals surface area contributed by atoms with Crippen molar-refractivity contribution in [3.63, 3.8) is 0 Å². The molecule has 0 bridgehead atoms. The van der Waals surface area contributed by atoms with E-state index in [1.165, 1.54) is 12.1 Å². The van der Waals surface area contributed by atoms with E-state index in [0.29, 0.717) is 38.0 Å². The molecule has 2 N–H and O–H groups in total. The van der Waals surface area contributed by atoms with E-state index in [2.05, 4.69) is 5.32 Å². The molecular weight excluding hydrogens is 342 g/mol. The van der Waals surface area contributed by atoms with Gasteiger partial charge in [-0.25, -0.2) is 13.6 Å². The minimum absolute atomic E-state index is 0.248. The predicted octanol–water partition coefficient (Wildman–Crippen LogP) is 3.28. The summed E-state index contributed by atoms with van der Waals surface area (Å²) >= 11 is 0. The Balaban J connectivity index is 1.64. The molecule has 26 heavy (non-hydrogen) atoms. The van der Waals surface area contributed by atoms with E-state index in [-0.39, 0.29) is 6.03 Å². The molecule has 2 amide bonds. The molecule has 1 aromatic carbocycles. The Morgan fingerprint density at radius 2 is 1.85 bits per heavy atom. The zero-order chi connectivity index (χ0) is 18.7. The van der Waals surface area contributed by atoms with Gasteiger partial charge in [0, 0.05) is 31.1 Å². The lowest BCUT2D eigenvalue weighted by Crippen LogP contribution is -2.49. The van der Waals surface area contributed by atoms with Gasteiger partial charge in [0.1, 0.15) is 11.6 Å².